The van der Waals surface area contributed by atoms with Gasteiger partial charge in [-0.05, 0) is 13.3 Å². The van der Waals surface area contributed by atoms with Crippen molar-refractivity contribution in [2.24, 2.45) is 0 Å². The number of rotatable bonds is 18. The number of amides is 1. The van der Waals surface area contributed by atoms with Gasteiger partial charge in [0.2, 0.25) is 9.70 Å². The molecule has 4 saturated heterocycles. The molecule has 58 heavy (non-hydrogen) atoms. The fraction of sp³-hybridized carbons (Fsp3) is 0.938. The highest BCUT2D eigenvalue weighted by Crippen LogP contribution is 2.34. The predicted molar refractivity (Wildman–Crippen MR) is 189 cm³/mol. The number of carbonyl (C=O) groups excluding carboxylic acids is 2. The molecule has 23 nitrogen and oxygen atoms in total. The van der Waals surface area contributed by atoms with Crippen LogP contribution in [0.4, 0.5) is 0 Å². The molecule has 0 aromatic heterocycles. The first-order valence-corrected chi connectivity index (χ1v) is 19.3. The second kappa shape index (κ2) is 22.9. The number of carbonyl (C=O) groups is 2. The van der Waals surface area contributed by atoms with Crippen LogP contribution in [-0.4, -0.2) is 237 Å². The van der Waals surface area contributed by atoms with Gasteiger partial charge in [0.05, 0.1) is 38.6 Å². The van der Waals surface area contributed by atoms with Gasteiger partial charge in [0.25, 0.3) is 0 Å². The molecule has 18 atom stereocenters. The highest BCUT2D eigenvalue weighted by atomic mass is 35.6. The average molecular weight is 909 g/mol. The van der Waals surface area contributed by atoms with Crippen LogP contribution in [0.2, 0.25) is 0 Å². The van der Waals surface area contributed by atoms with E-state index in [1.165, 1.54) is 6.92 Å². The molecule has 4 heterocycles. The lowest BCUT2D eigenvalue weighted by molar-refractivity contribution is -0.374. The highest BCUT2D eigenvalue weighted by molar-refractivity contribution is 6.67. The van der Waals surface area contributed by atoms with Crippen molar-refractivity contribution in [3.63, 3.8) is 0 Å². The van der Waals surface area contributed by atoms with Crippen LogP contribution < -0.4 is 5.32 Å². The lowest BCUT2D eigenvalue weighted by Crippen LogP contribution is -2.66. The molecule has 4 aliphatic heterocycles. The molecule has 4 rings (SSSR count). The lowest BCUT2D eigenvalue weighted by atomic mass is 9.96. The summed E-state index contributed by atoms with van der Waals surface area (Å²) in [5.41, 5.74) is 0. The number of aliphatic hydroxyl groups is 10. The van der Waals surface area contributed by atoms with Crippen LogP contribution in [0, 0.1) is 0 Å². The lowest BCUT2D eigenvalue weighted by Gasteiger charge is -2.48. The Morgan fingerprint density at radius 3 is 1.84 bits per heavy atom. The zero-order valence-electron chi connectivity index (χ0n) is 31.0. The van der Waals surface area contributed by atoms with Gasteiger partial charge in [-0.3, -0.25) is 4.79 Å². The minimum absolute atomic E-state index is 0.0109. The van der Waals surface area contributed by atoms with Gasteiger partial charge in [-0.1, -0.05) is 34.8 Å². The van der Waals surface area contributed by atoms with E-state index in [1.54, 1.807) is 0 Å². The molecule has 4 fully saturated rings. The Labute approximate surface area is 346 Å². The van der Waals surface area contributed by atoms with Crippen LogP contribution in [0.5, 0.6) is 0 Å². The van der Waals surface area contributed by atoms with Gasteiger partial charge in [-0.15, -0.1) is 0 Å². The van der Waals surface area contributed by atoms with E-state index in [9.17, 15) is 60.7 Å². The Kier molecular flexibility index (Phi) is 19.7. The molecule has 0 spiro atoms. The molecule has 0 aromatic carbocycles. The van der Waals surface area contributed by atoms with Crippen LogP contribution >= 0.6 is 34.8 Å². The van der Waals surface area contributed by atoms with Crippen LogP contribution in [0.15, 0.2) is 0 Å². The SMILES string of the molecule is CC1OC(OC2C(CNC(=O)COCCOCC(=O)OCC(Cl)(Cl)Cl)OCCC2OC2OC(CO)C(O)C(OC3OC(CO)C(O)C(O)C3O)C2O)C(O)C(O)C1O. The Bertz CT molecular complexity index is 1270. The van der Waals surface area contributed by atoms with Crippen molar-refractivity contribution in [3.8, 4) is 0 Å². The Hall–Kier alpha value is -0.950. The van der Waals surface area contributed by atoms with E-state index >= 15 is 0 Å². The number of hydrogen-bond acceptors (Lipinski definition) is 22. The minimum Gasteiger partial charge on any atom is -0.459 e. The zero-order valence-corrected chi connectivity index (χ0v) is 33.2. The van der Waals surface area contributed by atoms with Gasteiger partial charge < -0.3 is 104 Å². The van der Waals surface area contributed by atoms with Crippen molar-refractivity contribution in [3.05, 3.63) is 0 Å². The molecule has 338 valence electrons. The zero-order chi connectivity index (χ0) is 42.9. The molecular formula is C32H52Cl3NO22. The Balaban J connectivity index is 1.41. The molecule has 0 saturated carbocycles. The second-order valence-electron chi connectivity index (χ2n) is 13.8. The summed E-state index contributed by atoms with van der Waals surface area (Å²) in [7, 11) is 0. The van der Waals surface area contributed by atoms with Crippen molar-refractivity contribution in [2.45, 2.75) is 128 Å². The number of ether oxygens (including phenoxy) is 10. The number of aliphatic hydroxyl groups excluding tert-OH is 10. The smallest absolute Gasteiger partial charge is 0.332 e. The fourth-order valence-corrected chi connectivity index (χ4v) is 6.52. The third-order valence-electron chi connectivity index (χ3n) is 9.56. The summed E-state index contributed by atoms with van der Waals surface area (Å²) < 4.78 is 53.7. The van der Waals surface area contributed by atoms with Crippen LogP contribution in [0.25, 0.3) is 0 Å². The molecule has 11 N–H and O–H groups in total. The minimum atomic E-state index is -1.91. The van der Waals surface area contributed by atoms with Crippen molar-refractivity contribution < 1.29 is 108 Å². The van der Waals surface area contributed by atoms with Crippen LogP contribution in [-0.2, 0) is 57.0 Å². The Morgan fingerprint density at radius 1 is 0.672 bits per heavy atom. The first kappa shape index (κ1) is 49.7. The van der Waals surface area contributed by atoms with E-state index in [-0.39, 0.29) is 32.8 Å². The first-order valence-electron chi connectivity index (χ1n) is 18.2. The maximum Gasteiger partial charge on any atom is 0.332 e. The molecule has 4 aliphatic rings. The molecule has 18 unspecified atom stereocenters. The van der Waals surface area contributed by atoms with Crippen molar-refractivity contribution in [1.82, 2.24) is 5.32 Å². The summed E-state index contributed by atoms with van der Waals surface area (Å²) in [6.45, 7) is -2.12. The molecular weight excluding hydrogens is 857 g/mol. The quantitative estimate of drug-likeness (QED) is 0.0346. The maximum atomic E-state index is 12.7. The predicted octanol–water partition coefficient (Wildman–Crippen LogP) is -5.94. The summed E-state index contributed by atoms with van der Waals surface area (Å²) in [5, 5.41) is 107. The molecule has 1 amide bonds. The standard InChI is InChI=1S/C32H52Cl3NO22/c1-12-19(41)22(44)24(46)29(53-12)57-27-13(2-3-51-14(27)6-36-17(39)9-49-4-5-50-10-18(40)52-11-32(33,34)35)54-31-26(48)28(21(43)16(8-38)56-31)58-30-25(47)23(45)20(42)15(7-37)55-30/h12-16,19-31,37-38,41-48H,2-11H2,1H3,(H,36,39). The third-order valence-corrected chi connectivity index (χ3v) is 9.89. The van der Waals surface area contributed by atoms with Crippen LogP contribution in [0.1, 0.15) is 13.3 Å². The van der Waals surface area contributed by atoms with E-state index in [0.29, 0.717) is 0 Å². The second-order valence-corrected chi connectivity index (χ2v) is 16.4. The van der Waals surface area contributed by atoms with Crippen LogP contribution in [0.3, 0.4) is 0 Å². The normalized spacial score (nSPS) is 41.2. The first-order chi connectivity index (χ1) is 27.4. The largest absolute Gasteiger partial charge is 0.459 e. The van der Waals surface area contributed by atoms with Crippen molar-refractivity contribution >= 4 is 46.7 Å². The molecule has 0 aliphatic carbocycles. The molecule has 0 bridgehead atoms. The fourth-order valence-electron chi connectivity index (χ4n) is 6.35. The van der Waals surface area contributed by atoms with E-state index < -0.39 is 159 Å². The highest BCUT2D eigenvalue weighted by Gasteiger charge is 2.53. The maximum absolute atomic E-state index is 12.7. The van der Waals surface area contributed by atoms with Gasteiger partial charge in [0, 0.05) is 13.2 Å². The van der Waals surface area contributed by atoms with E-state index in [1.807, 2.05) is 0 Å². The number of halogens is 3. The summed E-state index contributed by atoms with van der Waals surface area (Å²) in [6, 6.07) is 0. The van der Waals surface area contributed by atoms with E-state index in [4.69, 9.17) is 82.2 Å². The average Bonchev–Trinajstić information content (AvgIpc) is 3.18. The summed E-state index contributed by atoms with van der Waals surface area (Å²) in [5.74, 6) is -1.42. The number of esters is 1. The van der Waals surface area contributed by atoms with E-state index in [2.05, 4.69) is 5.32 Å². The molecule has 0 radical (unpaired) electrons. The van der Waals surface area contributed by atoms with Gasteiger partial charge in [-0.2, -0.15) is 0 Å². The summed E-state index contributed by atoms with van der Waals surface area (Å²) >= 11 is 16.5. The van der Waals surface area contributed by atoms with Gasteiger partial charge in [0.1, 0.15) is 99.2 Å². The number of nitrogens with one attached hydrogen (secondary N) is 1. The van der Waals surface area contributed by atoms with Gasteiger partial charge >= 0.3 is 5.97 Å². The molecule has 26 heteroatoms. The topological polar surface area (TPSA) is 341 Å². The third kappa shape index (κ3) is 13.5. The number of alkyl halides is 3. The molecule has 0 aromatic rings. The monoisotopic (exact) mass is 907 g/mol. The van der Waals surface area contributed by atoms with Crippen molar-refractivity contribution in [2.75, 3.05) is 59.4 Å². The Morgan fingerprint density at radius 2 is 1.22 bits per heavy atom. The summed E-state index contributed by atoms with van der Waals surface area (Å²) in [6.07, 6.45) is -28.4. The van der Waals surface area contributed by atoms with Crippen molar-refractivity contribution in [1.29, 1.82) is 0 Å². The van der Waals surface area contributed by atoms with E-state index in [0.717, 1.165) is 0 Å². The summed E-state index contributed by atoms with van der Waals surface area (Å²) in [4.78, 5) is 24.3. The van der Waals surface area contributed by atoms with Gasteiger partial charge in [-0.25, -0.2) is 4.79 Å². The van der Waals surface area contributed by atoms with Gasteiger partial charge in [0.15, 0.2) is 18.9 Å². The number of hydrogen-bond donors (Lipinski definition) is 11.